The predicted molar refractivity (Wildman–Crippen MR) is 110 cm³/mol. The van der Waals surface area contributed by atoms with E-state index in [0.717, 1.165) is 24.2 Å². The maximum Gasteiger partial charge on any atom is 0.255 e. The number of hydrogen-bond acceptors (Lipinski definition) is 3. The van der Waals surface area contributed by atoms with E-state index in [0.29, 0.717) is 23.9 Å². The van der Waals surface area contributed by atoms with Crippen molar-refractivity contribution in [1.82, 2.24) is 15.1 Å². The number of aromatic nitrogens is 2. The Bertz CT molecular complexity index is 751. The van der Waals surface area contributed by atoms with Crippen LogP contribution in [0.25, 0.3) is 5.69 Å². The fourth-order valence-electron chi connectivity index (χ4n) is 4.21. The summed E-state index contributed by atoms with van der Waals surface area (Å²) in [4.78, 5) is 13.0. The molecule has 2 aromatic rings. The first kappa shape index (κ1) is 19.9. The second kappa shape index (κ2) is 8.89. The maximum atomic E-state index is 13.0. The minimum atomic E-state index is -0.0184. The van der Waals surface area contributed by atoms with Crippen LogP contribution in [0, 0.1) is 5.92 Å². The lowest BCUT2D eigenvalue weighted by molar-refractivity contribution is 0.0914. The van der Waals surface area contributed by atoms with Crippen molar-refractivity contribution in [3.8, 4) is 5.69 Å². The van der Waals surface area contributed by atoms with E-state index in [-0.39, 0.29) is 24.4 Å². The van der Waals surface area contributed by atoms with Crippen molar-refractivity contribution in [2.45, 2.75) is 56.9 Å². The molecular weight excluding hydrogens is 360 g/mol. The number of benzene rings is 1. The van der Waals surface area contributed by atoms with Crippen LogP contribution >= 0.6 is 12.4 Å². The van der Waals surface area contributed by atoms with Crippen molar-refractivity contribution in [2.24, 2.45) is 11.7 Å². The van der Waals surface area contributed by atoms with Gasteiger partial charge in [0.1, 0.15) is 0 Å². The van der Waals surface area contributed by atoms with Gasteiger partial charge in [-0.15, -0.1) is 12.4 Å². The van der Waals surface area contributed by atoms with Gasteiger partial charge in [-0.1, -0.05) is 37.5 Å². The van der Waals surface area contributed by atoms with Crippen LogP contribution in [0.1, 0.15) is 66.9 Å². The van der Waals surface area contributed by atoms with Crippen molar-refractivity contribution < 1.29 is 4.79 Å². The van der Waals surface area contributed by atoms with Crippen molar-refractivity contribution in [1.29, 1.82) is 0 Å². The van der Waals surface area contributed by atoms with Crippen LogP contribution in [-0.4, -0.2) is 28.3 Å². The van der Waals surface area contributed by atoms with E-state index in [4.69, 9.17) is 5.73 Å². The molecule has 1 aromatic heterocycles. The Labute approximate surface area is 167 Å². The highest BCUT2D eigenvalue weighted by molar-refractivity contribution is 5.95. The number of amides is 1. The first-order valence-corrected chi connectivity index (χ1v) is 9.92. The Kier molecular flexibility index (Phi) is 6.55. The summed E-state index contributed by atoms with van der Waals surface area (Å²) in [6, 6.07) is 10.1. The Morgan fingerprint density at radius 3 is 2.48 bits per heavy atom. The molecule has 2 saturated carbocycles. The molecule has 1 atom stereocenters. The van der Waals surface area contributed by atoms with E-state index in [1.807, 2.05) is 35.0 Å². The third-order valence-corrected chi connectivity index (χ3v) is 5.81. The number of hydrogen-bond donors (Lipinski definition) is 2. The molecule has 4 rings (SSSR count). The molecule has 1 aromatic carbocycles. The van der Waals surface area contributed by atoms with Gasteiger partial charge in [0.2, 0.25) is 0 Å². The summed E-state index contributed by atoms with van der Waals surface area (Å²) in [7, 11) is 0. The molecular formula is C21H29ClN4O. The zero-order chi connectivity index (χ0) is 17.9. The molecule has 0 aliphatic heterocycles. The van der Waals surface area contributed by atoms with Crippen LogP contribution in [0.15, 0.2) is 36.5 Å². The minimum absolute atomic E-state index is 0. The summed E-state index contributed by atoms with van der Waals surface area (Å²) in [5.74, 6) is 0.922. The summed E-state index contributed by atoms with van der Waals surface area (Å²) in [6.07, 6.45) is 10.1. The molecule has 0 saturated heterocycles. The Hall–Kier alpha value is -1.85. The van der Waals surface area contributed by atoms with Gasteiger partial charge < -0.3 is 11.1 Å². The van der Waals surface area contributed by atoms with Gasteiger partial charge in [-0.05, 0) is 43.7 Å². The SMILES string of the molecule is Cl.NCC(NC(=O)c1cnn(-c2ccccc2)c1C1CC1)C1CCCCC1. The fraction of sp³-hybridized carbons (Fsp3) is 0.524. The van der Waals surface area contributed by atoms with Crippen molar-refractivity contribution in [3.63, 3.8) is 0 Å². The Morgan fingerprint density at radius 1 is 1.15 bits per heavy atom. The van der Waals surface area contributed by atoms with Gasteiger partial charge in [0, 0.05) is 18.5 Å². The molecule has 146 valence electrons. The summed E-state index contributed by atoms with van der Waals surface area (Å²) >= 11 is 0. The summed E-state index contributed by atoms with van der Waals surface area (Å²) in [5.41, 5.74) is 8.77. The molecule has 5 nitrogen and oxygen atoms in total. The number of nitrogens with zero attached hydrogens (tertiary/aromatic N) is 2. The van der Waals surface area contributed by atoms with Gasteiger partial charge in [0.05, 0.1) is 23.1 Å². The Morgan fingerprint density at radius 2 is 1.85 bits per heavy atom. The Balaban J connectivity index is 0.00000210. The van der Waals surface area contributed by atoms with E-state index in [1.165, 1.54) is 32.1 Å². The van der Waals surface area contributed by atoms with Crippen molar-refractivity contribution >= 4 is 18.3 Å². The monoisotopic (exact) mass is 388 g/mol. The molecule has 0 spiro atoms. The molecule has 0 radical (unpaired) electrons. The molecule has 2 fully saturated rings. The number of para-hydroxylation sites is 1. The number of nitrogens with one attached hydrogen (secondary N) is 1. The lowest BCUT2D eigenvalue weighted by Crippen LogP contribution is -2.46. The molecule has 2 aliphatic rings. The van der Waals surface area contributed by atoms with Gasteiger partial charge >= 0.3 is 0 Å². The van der Waals surface area contributed by atoms with Crippen molar-refractivity contribution in [3.05, 3.63) is 47.8 Å². The maximum absolute atomic E-state index is 13.0. The second-order valence-corrected chi connectivity index (χ2v) is 7.68. The predicted octanol–water partition coefficient (Wildman–Crippen LogP) is 3.81. The highest BCUT2D eigenvalue weighted by Gasteiger charge is 2.34. The first-order chi connectivity index (χ1) is 12.8. The standard InChI is InChI=1S/C21H28N4O.ClH/c22-13-19(15-7-3-1-4-8-15)24-21(26)18-14-23-25(20(18)16-11-12-16)17-9-5-2-6-10-17;/h2,5-6,9-10,14-16,19H,1,3-4,7-8,11-13,22H2,(H,24,26);1H. The van der Waals surface area contributed by atoms with Crippen LogP contribution in [0.4, 0.5) is 0 Å². The second-order valence-electron chi connectivity index (χ2n) is 7.68. The van der Waals surface area contributed by atoms with E-state index in [2.05, 4.69) is 10.4 Å². The zero-order valence-electron chi connectivity index (χ0n) is 15.6. The molecule has 1 amide bonds. The van der Waals surface area contributed by atoms with Gasteiger partial charge in [-0.2, -0.15) is 5.10 Å². The summed E-state index contributed by atoms with van der Waals surface area (Å²) < 4.78 is 1.94. The number of rotatable bonds is 6. The highest BCUT2D eigenvalue weighted by Crippen LogP contribution is 2.42. The van der Waals surface area contributed by atoms with Gasteiger partial charge in [0.15, 0.2) is 0 Å². The molecule has 3 N–H and O–H groups in total. The third kappa shape index (κ3) is 4.36. The molecule has 2 aliphatic carbocycles. The molecule has 1 unspecified atom stereocenters. The normalized spacial score (nSPS) is 18.6. The van der Waals surface area contributed by atoms with Gasteiger partial charge in [-0.3, -0.25) is 4.79 Å². The largest absolute Gasteiger partial charge is 0.348 e. The van der Waals surface area contributed by atoms with Crippen LogP contribution in [0.3, 0.4) is 0 Å². The first-order valence-electron chi connectivity index (χ1n) is 9.92. The summed E-state index contributed by atoms with van der Waals surface area (Å²) in [6.45, 7) is 0.502. The highest BCUT2D eigenvalue weighted by atomic mass is 35.5. The molecule has 27 heavy (non-hydrogen) atoms. The van der Waals surface area contributed by atoms with Crippen LogP contribution in [0.2, 0.25) is 0 Å². The van der Waals surface area contributed by atoms with E-state index >= 15 is 0 Å². The molecule has 0 bridgehead atoms. The fourth-order valence-corrected chi connectivity index (χ4v) is 4.21. The van der Waals surface area contributed by atoms with Crippen LogP contribution in [0.5, 0.6) is 0 Å². The molecule has 6 heteroatoms. The number of halogens is 1. The average Bonchev–Trinajstić information content (AvgIpc) is 3.45. The smallest absolute Gasteiger partial charge is 0.255 e. The quantitative estimate of drug-likeness (QED) is 0.790. The lowest BCUT2D eigenvalue weighted by Gasteiger charge is -2.30. The van der Waals surface area contributed by atoms with Crippen LogP contribution in [-0.2, 0) is 0 Å². The zero-order valence-corrected chi connectivity index (χ0v) is 16.5. The van der Waals surface area contributed by atoms with E-state index in [1.54, 1.807) is 6.20 Å². The van der Waals surface area contributed by atoms with Gasteiger partial charge in [-0.25, -0.2) is 4.68 Å². The van der Waals surface area contributed by atoms with Gasteiger partial charge in [0.25, 0.3) is 5.91 Å². The van der Waals surface area contributed by atoms with Crippen molar-refractivity contribution in [2.75, 3.05) is 6.54 Å². The minimum Gasteiger partial charge on any atom is -0.348 e. The average molecular weight is 389 g/mol. The molecule has 1 heterocycles. The number of carbonyl (C=O) groups excluding carboxylic acids is 1. The van der Waals surface area contributed by atoms with Crippen LogP contribution < -0.4 is 11.1 Å². The van der Waals surface area contributed by atoms with E-state index in [9.17, 15) is 4.79 Å². The third-order valence-electron chi connectivity index (χ3n) is 5.81. The summed E-state index contributed by atoms with van der Waals surface area (Å²) in [5, 5.41) is 7.76. The number of nitrogens with two attached hydrogens (primary N) is 1. The van der Waals surface area contributed by atoms with E-state index < -0.39 is 0 Å². The topological polar surface area (TPSA) is 72.9 Å². The lowest BCUT2D eigenvalue weighted by atomic mass is 9.84. The number of carbonyl (C=O) groups is 1.